The second kappa shape index (κ2) is 5.55. The van der Waals surface area contributed by atoms with Gasteiger partial charge in [0.2, 0.25) is 0 Å². The van der Waals surface area contributed by atoms with E-state index in [1.54, 1.807) is 42.5 Å². The van der Waals surface area contributed by atoms with Crippen molar-refractivity contribution in [3.63, 3.8) is 0 Å². The normalized spacial score (nSPS) is 11.5. The van der Waals surface area contributed by atoms with E-state index in [0.29, 0.717) is 10.5 Å². The summed E-state index contributed by atoms with van der Waals surface area (Å²) < 4.78 is 13.4. The third-order valence-corrected chi connectivity index (χ3v) is 3.38. The zero-order valence-electron chi connectivity index (χ0n) is 9.38. The van der Waals surface area contributed by atoms with Gasteiger partial charge in [0.1, 0.15) is 5.82 Å². The number of oxime groups is 1. The molecule has 0 aliphatic heterocycles. The molecule has 3 nitrogen and oxygen atoms in total. The van der Waals surface area contributed by atoms with Crippen LogP contribution in [-0.4, -0.2) is 11.0 Å². The minimum absolute atomic E-state index is 0.0532. The van der Waals surface area contributed by atoms with Crippen LogP contribution in [0.2, 0.25) is 0 Å². The highest BCUT2D eigenvalue weighted by Crippen LogP contribution is 2.29. The quantitative estimate of drug-likeness (QED) is 0.387. The monoisotopic (exact) mass is 262 g/mol. The average Bonchev–Trinajstić information content (AvgIpc) is 2.41. The van der Waals surface area contributed by atoms with Crippen LogP contribution in [0, 0.1) is 5.82 Å². The van der Waals surface area contributed by atoms with Crippen LogP contribution >= 0.6 is 11.8 Å². The van der Waals surface area contributed by atoms with Crippen LogP contribution in [-0.2, 0) is 0 Å². The van der Waals surface area contributed by atoms with E-state index >= 15 is 0 Å². The van der Waals surface area contributed by atoms with Crippen molar-refractivity contribution in [1.29, 1.82) is 0 Å². The first-order chi connectivity index (χ1) is 8.70. The molecule has 0 fully saturated rings. The van der Waals surface area contributed by atoms with Gasteiger partial charge in [0.15, 0.2) is 5.84 Å². The van der Waals surface area contributed by atoms with Gasteiger partial charge in [0.05, 0.1) is 0 Å². The molecule has 2 aromatic rings. The Balaban J connectivity index is 2.19. The van der Waals surface area contributed by atoms with Crippen LogP contribution < -0.4 is 5.73 Å². The van der Waals surface area contributed by atoms with Crippen molar-refractivity contribution >= 4 is 17.6 Å². The number of amidine groups is 1. The molecule has 0 amide bonds. The maximum absolute atomic E-state index is 13.4. The Hall–Kier alpha value is -2.01. The number of hydrogen-bond acceptors (Lipinski definition) is 3. The lowest BCUT2D eigenvalue weighted by Gasteiger charge is -2.04. The molecule has 0 saturated carbocycles. The lowest BCUT2D eigenvalue weighted by atomic mass is 10.2. The molecule has 0 atom stereocenters. The number of benzene rings is 2. The summed E-state index contributed by atoms with van der Waals surface area (Å²) in [6, 6.07) is 13.6. The van der Waals surface area contributed by atoms with Gasteiger partial charge in [-0.05, 0) is 24.3 Å². The highest BCUT2D eigenvalue weighted by Gasteiger charge is 2.04. The first kappa shape index (κ1) is 12.4. The average molecular weight is 262 g/mol. The van der Waals surface area contributed by atoms with Gasteiger partial charge in [-0.1, -0.05) is 41.2 Å². The van der Waals surface area contributed by atoms with E-state index in [2.05, 4.69) is 5.16 Å². The zero-order valence-corrected chi connectivity index (χ0v) is 10.2. The number of halogens is 1. The van der Waals surface area contributed by atoms with Gasteiger partial charge in [0, 0.05) is 15.4 Å². The van der Waals surface area contributed by atoms with Crippen molar-refractivity contribution in [3.8, 4) is 0 Å². The topological polar surface area (TPSA) is 58.6 Å². The summed E-state index contributed by atoms with van der Waals surface area (Å²) in [5, 5.41) is 11.5. The zero-order chi connectivity index (χ0) is 13.0. The molecule has 18 heavy (non-hydrogen) atoms. The Kier molecular flexibility index (Phi) is 3.84. The van der Waals surface area contributed by atoms with Crippen LogP contribution in [0.15, 0.2) is 63.5 Å². The molecule has 0 radical (unpaired) electrons. The molecule has 0 heterocycles. The predicted octanol–water partition coefficient (Wildman–Crippen LogP) is 3.07. The van der Waals surface area contributed by atoms with Crippen molar-refractivity contribution < 1.29 is 9.60 Å². The molecule has 5 heteroatoms. The third-order valence-electron chi connectivity index (χ3n) is 2.32. The molecule has 2 rings (SSSR count). The maximum atomic E-state index is 13.4. The maximum Gasteiger partial charge on any atom is 0.170 e. The van der Waals surface area contributed by atoms with Gasteiger partial charge in [-0.2, -0.15) is 0 Å². The number of rotatable bonds is 3. The Morgan fingerprint density at radius 1 is 1.11 bits per heavy atom. The van der Waals surface area contributed by atoms with Gasteiger partial charge in [0.25, 0.3) is 0 Å². The number of hydrogen-bond donors (Lipinski definition) is 2. The summed E-state index contributed by atoms with van der Waals surface area (Å²) in [6.45, 7) is 0. The van der Waals surface area contributed by atoms with E-state index in [9.17, 15) is 4.39 Å². The van der Waals surface area contributed by atoms with Crippen molar-refractivity contribution in [2.75, 3.05) is 0 Å². The van der Waals surface area contributed by atoms with Crippen LogP contribution in [0.3, 0.4) is 0 Å². The summed E-state index contributed by atoms with van der Waals surface area (Å²) in [5.41, 5.74) is 6.07. The molecule has 0 aliphatic carbocycles. The summed E-state index contributed by atoms with van der Waals surface area (Å²) in [6.07, 6.45) is 0. The lowest BCUT2D eigenvalue weighted by molar-refractivity contribution is 0.318. The molecular formula is C13H11FN2OS. The summed E-state index contributed by atoms with van der Waals surface area (Å²) in [7, 11) is 0. The van der Waals surface area contributed by atoms with E-state index in [-0.39, 0.29) is 11.7 Å². The molecule has 0 aromatic heterocycles. The number of nitrogens with two attached hydrogens (primary N) is 1. The molecule has 2 aromatic carbocycles. The first-order valence-electron chi connectivity index (χ1n) is 5.21. The summed E-state index contributed by atoms with van der Waals surface area (Å²) in [4.78, 5) is 1.45. The van der Waals surface area contributed by atoms with Crippen molar-refractivity contribution in [1.82, 2.24) is 0 Å². The van der Waals surface area contributed by atoms with Gasteiger partial charge in [-0.25, -0.2) is 4.39 Å². The van der Waals surface area contributed by atoms with Crippen molar-refractivity contribution in [2.45, 2.75) is 9.79 Å². The van der Waals surface area contributed by atoms with Crippen LogP contribution in [0.1, 0.15) is 5.56 Å². The smallest absolute Gasteiger partial charge is 0.170 e. The predicted molar refractivity (Wildman–Crippen MR) is 69.5 cm³/mol. The van der Waals surface area contributed by atoms with Gasteiger partial charge in [-0.3, -0.25) is 0 Å². The fourth-order valence-corrected chi connectivity index (χ4v) is 2.24. The molecule has 0 aliphatic rings. The minimum Gasteiger partial charge on any atom is -0.409 e. The Bertz CT molecular complexity index is 569. The van der Waals surface area contributed by atoms with Crippen molar-refractivity contribution in [3.05, 3.63) is 59.9 Å². The van der Waals surface area contributed by atoms with Crippen LogP contribution in [0.4, 0.5) is 4.39 Å². The standard InChI is InChI=1S/C13H11FN2OS/c14-11-3-1-2-4-12(11)18-10-7-5-9(6-8-10)13(15)16-17/h1-8,17H,(H2,15,16). The van der Waals surface area contributed by atoms with Crippen LogP contribution in [0.5, 0.6) is 0 Å². The van der Waals surface area contributed by atoms with Gasteiger partial charge < -0.3 is 10.9 Å². The second-order valence-electron chi connectivity index (χ2n) is 3.54. The fraction of sp³-hybridized carbons (Fsp3) is 0. The lowest BCUT2D eigenvalue weighted by Crippen LogP contribution is -2.12. The number of nitrogens with zero attached hydrogens (tertiary/aromatic N) is 1. The Labute approximate surface area is 108 Å². The molecule has 3 N–H and O–H groups in total. The van der Waals surface area contributed by atoms with Crippen molar-refractivity contribution in [2.24, 2.45) is 10.9 Å². The largest absolute Gasteiger partial charge is 0.409 e. The summed E-state index contributed by atoms with van der Waals surface area (Å²) in [5.74, 6) is -0.194. The van der Waals surface area contributed by atoms with E-state index < -0.39 is 0 Å². The van der Waals surface area contributed by atoms with E-state index in [0.717, 1.165) is 4.90 Å². The van der Waals surface area contributed by atoms with E-state index in [4.69, 9.17) is 10.9 Å². The van der Waals surface area contributed by atoms with Gasteiger partial charge >= 0.3 is 0 Å². The third kappa shape index (κ3) is 2.81. The molecule has 0 spiro atoms. The Morgan fingerprint density at radius 3 is 2.39 bits per heavy atom. The minimum atomic E-state index is -0.247. The van der Waals surface area contributed by atoms with E-state index in [1.165, 1.54) is 17.8 Å². The molecule has 0 saturated heterocycles. The Morgan fingerprint density at radius 2 is 1.78 bits per heavy atom. The second-order valence-corrected chi connectivity index (χ2v) is 4.66. The molecular weight excluding hydrogens is 251 g/mol. The first-order valence-corrected chi connectivity index (χ1v) is 6.02. The van der Waals surface area contributed by atoms with E-state index in [1.807, 2.05) is 0 Å². The SMILES string of the molecule is N/C(=N\O)c1ccc(Sc2ccccc2F)cc1. The highest BCUT2D eigenvalue weighted by molar-refractivity contribution is 7.99. The molecule has 0 unspecified atom stereocenters. The molecule has 0 bridgehead atoms. The fourth-order valence-electron chi connectivity index (χ4n) is 1.41. The summed E-state index contributed by atoms with van der Waals surface area (Å²) >= 11 is 1.32. The highest BCUT2D eigenvalue weighted by atomic mass is 32.2. The van der Waals surface area contributed by atoms with Crippen LogP contribution in [0.25, 0.3) is 0 Å². The molecule has 92 valence electrons. The van der Waals surface area contributed by atoms with Gasteiger partial charge in [-0.15, -0.1) is 0 Å².